The van der Waals surface area contributed by atoms with Crippen molar-refractivity contribution in [2.45, 2.75) is 26.3 Å². The number of furan rings is 1. The van der Waals surface area contributed by atoms with Gasteiger partial charge in [-0.2, -0.15) is 5.10 Å². The van der Waals surface area contributed by atoms with E-state index in [0.29, 0.717) is 0 Å². The second-order valence-electron chi connectivity index (χ2n) is 4.01. The van der Waals surface area contributed by atoms with Crippen LogP contribution in [0.3, 0.4) is 0 Å². The Morgan fingerprint density at radius 3 is 3.00 bits per heavy atom. The zero-order chi connectivity index (χ0) is 12.1. The fourth-order valence-electron chi connectivity index (χ4n) is 1.69. The Morgan fingerprint density at radius 1 is 1.47 bits per heavy atom. The second-order valence-corrected chi connectivity index (χ2v) is 5.07. The lowest BCUT2D eigenvalue weighted by molar-refractivity contribution is 0.462. The van der Waals surface area contributed by atoms with Crippen molar-refractivity contribution in [1.29, 1.82) is 0 Å². The predicted octanol–water partition coefficient (Wildman–Crippen LogP) is 2.64. The van der Waals surface area contributed by atoms with Gasteiger partial charge in [0.2, 0.25) is 0 Å². The normalized spacial score (nSPS) is 10.9. The molecule has 0 radical (unpaired) electrons. The third-order valence-corrected chi connectivity index (χ3v) is 3.24. The van der Waals surface area contributed by atoms with Crippen molar-refractivity contribution in [3.05, 3.63) is 39.1 Å². The molecule has 17 heavy (non-hydrogen) atoms. The monoisotopic (exact) mass is 345 g/mol. The van der Waals surface area contributed by atoms with E-state index in [1.165, 1.54) is 11.3 Å². The summed E-state index contributed by atoms with van der Waals surface area (Å²) in [7, 11) is 0. The molecule has 0 unspecified atom stereocenters. The first kappa shape index (κ1) is 12.6. The van der Waals surface area contributed by atoms with Crippen LogP contribution in [-0.4, -0.2) is 16.7 Å². The van der Waals surface area contributed by atoms with Crippen molar-refractivity contribution >= 4 is 22.6 Å². The van der Waals surface area contributed by atoms with Crippen molar-refractivity contribution in [3.63, 3.8) is 0 Å². The zero-order valence-corrected chi connectivity index (χ0v) is 12.0. The number of aryl methyl sites for hydroxylation is 2. The number of hydrogen-bond acceptors (Lipinski definition) is 3. The molecule has 2 aromatic rings. The quantitative estimate of drug-likeness (QED) is 0.625. The van der Waals surface area contributed by atoms with Crippen LogP contribution >= 0.6 is 22.6 Å². The lowest BCUT2D eigenvalue weighted by atomic mass is 10.1. The highest BCUT2D eigenvalue weighted by molar-refractivity contribution is 14.1. The van der Waals surface area contributed by atoms with E-state index in [9.17, 15) is 0 Å². The number of nitrogens with zero attached hydrogens (tertiary/aromatic N) is 1. The average molecular weight is 345 g/mol. The molecule has 2 heterocycles. The summed E-state index contributed by atoms with van der Waals surface area (Å²) in [5.74, 6) is 0.994. The van der Waals surface area contributed by atoms with Crippen molar-refractivity contribution in [3.8, 4) is 0 Å². The summed E-state index contributed by atoms with van der Waals surface area (Å²) in [4.78, 5) is 0. The molecule has 0 aliphatic rings. The van der Waals surface area contributed by atoms with E-state index in [1.807, 2.05) is 18.3 Å². The second kappa shape index (κ2) is 6.20. The van der Waals surface area contributed by atoms with Gasteiger partial charge < -0.3 is 9.73 Å². The Hall–Kier alpha value is -0.820. The first-order valence-electron chi connectivity index (χ1n) is 5.69. The number of hydrogen-bond donors (Lipinski definition) is 2. The van der Waals surface area contributed by atoms with E-state index in [0.717, 1.165) is 35.5 Å². The van der Waals surface area contributed by atoms with Crippen LogP contribution < -0.4 is 5.32 Å². The molecule has 0 spiro atoms. The van der Waals surface area contributed by atoms with E-state index in [4.69, 9.17) is 4.42 Å². The van der Waals surface area contributed by atoms with E-state index in [1.54, 1.807) is 0 Å². The standard InChI is InChI=1S/C12H16IN3O/c1-9-10(7-15-16-9)3-2-6-14-8-11-4-5-12(13)17-11/h4-5,7,14H,2-3,6,8H2,1H3,(H,15,16). The first-order chi connectivity index (χ1) is 8.25. The minimum absolute atomic E-state index is 0.799. The SMILES string of the molecule is Cc1[nH]ncc1CCCNCc1ccc(I)o1. The maximum absolute atomic E-state index is 5.46. The fraction of sp³-hybridized carbons (Fsp3) is 0.417. The van der Waals surface area contributed by atoms with Gasteiger partial charge in [-0.25, -0.2) is 0 Å². The summed E-state index contributed by atoms with van der Waals surface area (Å²) in [6.45, 7) is 3.84. The number of H-pyrrole nitrogens is 1. The smallest absolute Gasteiger partial charge is 0.164 e. The van der Waals surface area contributed by atoms with Gasteiger partial charge in [-0.1, -0.05) is 0 Å². The van der Waals surface area contributed by atoms with Gasteiger partial charge in [0.05, 0.1) is 12.7 Å². The van der Waals surface area contributed by atoms with E-state index >= 15 is 0 Å². The minimum Gasteiger partial charge on any atom is -0.454 e. The third-order valence-electron chi connectivity index (χ3n) is 2.66. The van der Waals surface area contributed by atoms with Crippen molar-refractivity contribution in [2.24, 2.45) is 0 Å². The van der Waals surface area contributed by atoms with Crippen LogP contribution in [0.4, 0.5) is 0 Å². The largest absolute Gasteiger partial charge is 0.454 e. The van der Waals surface area contributed by atoms with Crippen molar-refractivity contribution in [1.82, 2.24) is 15.5 Å². The maximum Gasteiger partial charge on any atom is 0.164 e. The van der Waals surface area contributed by atoms with Crippen molar-refractivity contribution < 1.29 is 4.42 Å². The highest BCUT2D eigenvalue weighted by Gasteiger charge is 2.01. The van der Waals surface area contributed by atoms with Crippen LogP contribution in [0.25, 0.3) is 0 Å². The summed E-state index contributed by atoms with van der Waals surface area (Å²) in [5.41, 5.74) is 2.48. The Kier molecular flexibility index (Phi) is 4.61. The lowest BCUT2D eigenvalue weighted by Gasteiger charge is -2.02. The third kappa shape index (κ3) is 3.85. The molecule has 4 nitrogen and oxygen atoms in total. The predicted molar refractivity (Wildman–Crippen MR) is 74.8 cm³/mol. The van der Waals surface area contributed by atoms with Gasteiger partial charge in [0.25, 0.3) is 0 Å². The number of rotatable bonds is 6. The highest BCUT2D eigenvalue weighted by Crippen LogP contribution is 2.09. The zero-order valence-electron chi connectivity index (χ0n) is 9.79. The maximum atomic E-state index is 5.46. The Bertz CT molecular complexity index is 464. The topological polar surface area (TPSA) is 53.9 Å². The molecule has 0 saturated carbocycles. The Balaban J connectivity index is 1.62. The van der Waals surface area contributed by atoms with Crippen LogP contribution in [0.15, 0.2) is 22.7 Å². The molecule has 0 bridgehead atoms. The molecule has 0 fully saturated rings. The minimum atomic E-state index is 0.799. The van der Waals surface area contributed by atoms with Gasteiger partial charge in [-0.05, 0) is 66.6 Å². The molecule has 92 valence electrons. The molecule has 0 aliphatic heterocycles. The fourth-order valence-corrected chi connectivity index (χ4v) is 2.15. The Labute approximate surface area is 114 Å². The van der Waals surface area contributed by atoms with Crippen LogP contribution in [0, 0.1) is 10.7 Å². The van der Waals surface area contributed by atoms with Gasteiger partial charge in [0.1, 0.15) is 5.76 Å². The molecule has 0 aliphatic carbocycles. The summed E-state index contributed by atoms with van der Waals surface area (Å²) in [5, 5.41) is 10.3. The molecule has 2 aromatic heterocycles. The number of halogens is 1. The highest BCUT2D eigenvalue weighted by atomic mass is 127. The van der Waals surface area contributed by atoms with Gasteiger partial charge >= 0.3 is 0 Å². The molecule has 5 heteroatoms. The molecule has 0 amide bonds. The van der Waals surface area contributed by atoms with Crippen LogP contribution in [0.2, 0.25) is 0 Å². The molecular weight excluding hydrogens is 329 g/mol. The summed E-state index contributed by atoms with van der Waals surface area (Å²) in [6, 6.07) is 3.99. The first-order valence-corrected chi connectivity index (χ1v) is 6.77. The van der Waals surface area contributed by atoms with Gasteiger partial charge in [-0.15, -0.1) is 0 Å². The van der Waals surface area contributed by atoms with E-state index in [2.05, 4.69) is 45.0 Å². The van der Waals surface area contributed by atoms with E-state index in [-0.39, 0.29) is 0 Å². The van der Waals surface area contributed by atoms with Gasteiger partial charge in [0, 0.05) is 5.69 Å². The lowest BCUT2D eigenvalue weighted by Crippen LogP contribution is -2.14. The molecule has 2 rings (SSSR count). The molecule has 2 N–H and O–H groups in total. The molecule has 0 aromatic carbocycles. The number of nitrogens with one attached hydrogen (secondary N) is 2. The molecule has 0 atom stereocenters. The van der Waals surface area contributed by atoms with Gasteiger partial charge in [0.15, 0.2) is 3.77 Å². The average Bonchev–Trinajstić information content (AvgIpc) is 2.88. The van der Waals surface area contributed by atoms with Crippen molar-refractivity contribution in [2.75, 3.05) is 6.54 Å². The molecular formula is C12H16IN3O. The van der Waals surface area contributed by atoms with Crippen LogP contribution in [-0.2, 0) is 13.0 Å². The van der Waals surface area contributed by atoms with Crippen LogP contribution in [0.5, 0.6) is 0 Å². The molecule has 0 saturated heterocycles. The number of aromatic nitrogens is 2. The summed E-state index contributed by atoms with van der Waals surface area (Å²) < 4.78 is 6.40. The Morgan fingerprint density at radius 2 is 2.35 bits per heavy atom. The van der Waals surface area contributed by atoms with Crippen LogP contribution in [0.1, 0.15) is 23.4 Å². The summed E-state index contributed by atoms with van der Waals surface area (Å²) in [6.07, 6.45) is 4.08. The summed E-state index contributed by atoms with van der Waals surface area (Å²) >= 11 is 2.17. The van der Waals surface area contributed by atoms with Gasteiger partial charge in [-0.3, -0.25) is 5.10 Å². The number of aromatic amines is 1. The van der Waals surface area contributed by atoms with E-state index < -0.39 is 0 Å².